The first-order chi connectivity index (χ1) is 9.32. The van der Waals surface area contributed by atoms with E-state index in [-0.39, 0.29) is 17.3 Å². The molecule has 0 saturated carbocycles. The first-order valence-corrected chi connectivity index (χ1v) is 8.12. The molecule has 0 aliphatic heterocycles. The summed E-state index contributed by atoms with van der Waals surface area (Å²) in [4.78, 5) is 11.5. The topological polar surface area (TPSA) is 75.7 Å². The Balaban J connectivity index is 2.98. The highest BCUT2D eigenvalue weighted by Gasteiger charge is 2.23. The molecule has 0 spiro atoms. The number of halogens is 1. The van der Waals surface area contributed by atoms with Crippen LogP contribution in [0, 0.1) is 0 Å². The van der Waals surface area contributed by atoms with Crippen molar-refractivity contribution in [2.75, 3.05) is 27.2 Å². The van der Waals surface area contributed by atoms with Crippen LogP contribution in [0.3, 0.4) is 0 Å². The van der Waals surface area contributed by atoms with Crippen LogP contribution in [0.2, 0.25) is 0 Å². The predicted octanol–water partition coefficient (Wildman–Crippen LogP) is 1.21. The third-order valence-electron chi connectivity index (χ3n) is 2.57. The van der Waals surface area contributed by atoms with Gasteiger partial charge in [0.15, 0.2) is 0 Å². The van der Waals surface area contributed by atoms with E-state index in [9.17, 15) is 13.2 Å². The molecule has 1 aromatic rings. The second-order valence-corrected chi connectivity index (χ2v) is 6.91. The average Bonchev–Trinajstić information content (AvgIpc) is 2.38. The number of rotatable bonds is 6. The number of hydrogen-bond donors (Lipinski definition) is 1. The minimum absolute atomic E-state index is 0.0944. The highest BCUT2D eigenvalue weighted by molar-refractivity contribution is 9.10. The second kappa shape index (κ2) is 7.05. The second-order valence-electron chi connectivity index (χ2n) is 4.01. The number of nitrogens with one attached hydrogen (secondary N) is 1. The van der Waals surface area contributed by atoms with Crippen LogP contribution in [0.4, 0.5) is 0 Å². The molecule has 6 nitrogen and oxygen atoms in total. The summed E-state index contributed by atoms with van der Waals surface area (Å²) >= 11 is 3.24. The Labute approximate surface area is 127 Å². The van der Waals surface area contributed by atoms with Gasteiger partial charge in [0, 0.05) is 13.6 Å². The molecular formula is C12H17BrN2O4S. The van der Waals surface area contributed by atoms with Gasteiger partial charge in [0.1, 0.15) is 5.75 Å². The molecule has 112 valence electrons. The van der Waals surface area contributed by atoms with Gasteiger partial charge in [0.05, 0.1) is 23.0 Å². The summed E-state index contributed by atoms with van der Waals surface area (Å²) in [6.45, 7) is 2.01. The van der Waals surface area contributed by atoms with Crippen molar-refractivity contribution in [2.24, 2.45) is 0 Å². The maximum absolute atomic E-state index is 12.3. The Morgan fingerprint density at radius 2 is 2.10 bits per heavy atom. The van der Waals surface area contributed by atoms with Gasteiger partial charge in [0.25, 0.3) is 0 Å². The monoisotopic (exact) mass is 364 g/mol. The number of carbonyl (C=O) groups excluding carboxylic acids is 1. The van der Waals surface area contributed by atoms with Gasteiger partial charge in [-0.15, -0.1) is 0 Å². The third kappa shape index (κ3) is 3.94. The van der Waals surface area contributed by atoms with E-state index >= 15 is 0 Å². The fraction of sp³-hybridized carbons (Fsp3) is 0.417. The Morgan fingerprint density at radius 3 is 2.60 bits per heavy atom. The molecule has 1 amide bonds. The molecule has 0 unspecified atom stereocenters. The van der Waals surface area contributed by atoms with Gasteiger partial charge < -0.3 is 10.1 Å². The molecule has 0 saturated heterocycles. The Morgan fingerprint density at radius 1 is 1.45 bits per heavy atom. The molecule has 1 N–H and O–H groups in total. The Bertz CT molecular complexity index is 589. The van der Waals surface area contributed by atoms with E-state index in [1.165, 1.54) is 26.3 Å². The van der Waals surface area contributed by atoms with Crippen molar-refractivity contribution in [1.29, 1.82) is 0 Å². The zero-order chi connectivity index (χ0) is 15.3. The Hall–Kier alpha value is -1.12. The van der Waals surface area contributed by atoms with Gasteiger partial charge in [-0.05, 0) is 41.1 Å². The molecule has 0 heterocycles. The number of hydrogen-bond acceptors (Lipinski definition) is 4. The van der Waals surface area contributed by atoms with Crippen molar-refractivity contribution in [2.45, 2.75) is 11.8 Å². The molecule has 1 rings (SSSR count). The van der Waals surface area contributed by atoms with Gasteiger partial charge in [-0.2, -0.15) is 4.31 Å². The molecule has 8 heteroatoms. The first kappa shape index (κ1) is 16.9. The zero-order valence-electron chi connectivity index (χ0n) is 11.5. The van der Waals surface area contributed by atoms with Crippen LogP contribution in [0.25, 0.3) is 0 Å². The van der Waals surface area contributed by atoms with Gasteiger partial charge >= 0.3 is 0 Å². The van der Waals surface area contributed by atoms with E-state index in [0.717, 1.165) is 4.31 Å². The molecule has 0 fully saturated rings. The molecule has 0 aromatic heterocycles. The van der Waals surface area contributed by atoms with Crippen molar-refractivity contribution in [3.63, 3.8) is 0 Å². The lowest BCUT2D eigenvalue weighted by atomic mass is 10.3. The molecule has 0 aliphatic rings. The molecule has 0 radical (unpaired) electrons. The predicted molar refractivity (Wildman–Crippen MR) is 79.2 cm³/mol. The molecule has 0 aliphatic carbocycles. The third-order valence-corrected chi connectivity index (χ3v) is 4.99. The highest BCUT2D eigenvalue weighted by atomic mass is 79.9. The van der Waals surface area contributed by atoms with Gasteiger partial charge in [0.2, 0.25) is 15.9 Å². The van der Waals surface area contributed by atoms with Crippen molar-refractivity contribution in [3.05, 3.63) is 22.7 Å². The largest absolute Gasteiger partial charge is 0.496 e. The summed E-state index contributed by atoms with van der Waals surface area (Å²) in [5.41, 5.74) is 0. The van der Waals surface area contributed by atoms with Crippen LogP contribution in [0.1, 0.15) is 6.92 Å². The number of sulfonamides is 1. The lowest BCUT2D eigenvalue weighted by molar-refractivity contribution is -0.121. The van der Waals surface area contributed by atoms with Gasteiger partial charge in [-0.3, -0.25) is 4.79 Å². The number of methoxy groups -OCH3 is 1. The zero-order valence-corrected chi connectivity index (χ0v) is 13.9. The maximum Gasteiger partial charge on any atom is 0.243 e. The lowest BCUT2D eigenvalue weighted by Gasteiger charge is -2.17. The molecule has 0 atom stereocenters. The number of ether oxygens (including phenoxy) is 1. The molecule has 0 bridgehead atoms. The van der Waals surface area contributed by atoms with Crippen LogP contribution in [0.5, 0.6) is 5.75 Å². The summed E-state index contributed by atoms with van der Waals surface area (Å²) in [5.74, 6) is 0.196. The van der Waals surface area contributed by atoms with Gasteiger partial charge in [-0.1, -0.05) is 0 Å². The standard InChI is InChI=1S/C12H17BrN2O4S/c1-4-14-12(16)8-15(2)20(17,18)9-5-6-11(19-3)10(13)7-9/h5-7H,4,8H2,1-3H3,(H,14,16). The van der Waals surface area contributed by atoms with Crippen LogP contribution >= 0.6 is 15.9 Å². The van der Waals surface area contributed by atoms with Crippen molar-refractivity contribution in [3.8, 4) is 5.75 Å². The summed E-state index contributed by atoms with van der Waals surface area (Å²) in [5, 5.41) is 2.56. The average molecular weight is 365 g/mol. The Kier molecular flexibility index (Phi) is 5.97. The number of benzene rings is 1. The summed E-state index contributed by atoms with van der Waals surface area (Å²) in [7, 11) is -0.854. The minimum Gasteiger partial charge on any atom is -0.496 e. The van der Waals surface area contributed by atoms with E-state index in [0.29, 0.717) is 16.8 Å². The van der Waals surface area contributed by atoms with Crippen molar-refractivity contribution >= 4 is 31.9 Å². The molecular weight excluding hydrogens is 348 g/mol. The van der Waals surface area contributed by atoms with Crippen molar-refractivity contribution in [1.82, 2.24) is 9.62 Å². The van der Waals surface area contributed by atoms with Crippen molar-refractivity contribution < 1.29 is 17.9 Å². The van der Waals surface area contributed by atoms with Crippen LogP contribution in [0.15, 0.2) is 27.6 Å². The fourth-order valence-corrected chi connectivity index (χ4v) is 3.37. The number of likely N-dealkylation sites (N-methyl/N-ethyl adjacent to an activating group) is 2. The van der Waals surface area contributed by atoms with Crippen LogP contribution in [-0.4, -0.2) is 45.9 Å². The normalized spacial score (nSPS) is 11.4. The minimum atomic E-state index is -3.71. The summed E-state index contributed by atoms with van der Waals surface area (Å²) < 4.78 is 31.2. The fourth-order valence-electron chi connectivity index (χ4n) is 1.53. The van der Waals surface area contributed by atoms with E-state index < -0.39 is 10.0 Å². The lowest BCUT2D eigenvalue weighted by Crippen LogP contribution is -2.38. The van der Waals surface area contributed by atoms with Gasteiger partial charge in [-0.25, -0.2) is 8.42 Å². The number of amides is 1. The SMILES string of the molecule is CCNC(=O)CN(C)S(=O)(=O)c1ccc(OC)c(Br)c1. The quantitative estimate of drug-likeness (QED) is 0.823. The molecule has 1 aromatic carbocycles. The van der Waals surface area contributed by atoms with E-state index in [1.54, 1.807) is 13.0 Å². The van der Waals surface area contributed by atoms with E-state index in [1.807, 2.05) is 0 Å². The molecule has 20 heavy (non-hydrogen) atoms. The maximum atomic E-state index is 12.3. The highest BCUT2D eigenvalue weighted by Crippen LogP contribution is 2.28. The van der Waals surface area contributed by atoms with E-state index in [4.69, 9.17) is 4.74 Å². The first-order valence-electron chi connectivity index (χ1n) is 5.89. The van der Waals surface area contributed by atoms with Crippen LogP contribution < -0.4 is 10.1 Å². The number of carbonyl (C=O) groups is 1. The number of nitrogens with zero attached hydrogens (tertiary/aromatic N) is 1. The van der Waals surface area contributed by atoms with Crippen LogP contribution in [-0.2, 0) is 14.8 Å². The van der Waals surface area contributed by atoms with E-state index in [2.05, 4.69) is 21.2 Å². The summed E-state index contributed by atoms with van der Waals surface area (Å²) in [6.07, 6.45) is 0. The smallest absolute Gasteiger partial charge is 0.243 e. The summed E-state index contributed by atoms with van der Waals surface area (Å²) in [6, 6.07) is 4.44.